The molecular weight excluding hydrogens is 366 g/mol. The zero-order valence-electron chi connectivity index (χ0n) is 18.1. The average Bonchev–Trinajstić information content (AvgIpc) is 3.02. The fraction of sp³-hybridized carbons (Fsp3) is 0.583. The molecule has 4 atom stereocenters. The Hall–Kier alpha value is -2.30. The zero-order valence-corrected chi connectivity index (χ0v) is 18.1. The first-order valence-corrected chi connectivity index (χ1v) is 10.8. The standard InChI is InChI=1S/C24H31NO4/c1-6-24(5)12-17(26)21-19(29-24)11-10-18-20(21)15(4)22(28-18)23(27)25-16-9-7-8-13(2)14(16)3/h10-11,13-14,16H,6-9,12H2,1-5H3,(H,25,27)/t13-,14+,16-,24-/m1/s1. The van der Waals surface area contributed by atoms with E-state index >= 15 is 0 Å². The van der Waals surface area contributed by atoms with Crippen LogP contribution in [0.25, 0.3) is 11.0 Å². The molecule has 1 aromatic carbocycles. The summed E-state index contributed by atoms with van der Waals surface area (Å²) < 4.78 is 12.1. The molecule has 0 radical (unpaired) electrons. The summed E-state index contributed by atoms with van der Waals surface area (Å²) in [5.41, 5.74) is 1.34. The van der Waals surface area contributed by atoms with Gasteiger partial charge in [-0.25, -0.2) is 0 Å². The minimum atomic E-state index is -0.483. The summed E-state index contributed by atoms with van der Waals surface area (Å²) in [6, 6.07) is 3.75. The number of nitrogens with one attached hydrogen (secondary N) is 1. The third-order valence-corrected chi connectivity index (χ3v) is 7.20. The fourth-order valence-corrected chi connectivity index (χ4v) is 4.85. The van der Waals surface area contributed by atoms with Crippen molar-refractivity contribution in [2.75, 3.05) is 0 Å². The number of hydrogen-bond donors (Lipinski definition) is 1. The Morgan fingerprint density at radius 1 is 1.28 bits per heavy atom. The van der Waals surface area contributed by atoms with E-state index in [0.29, 0.717) is 51.9 Å². The number of fused-ring (bicyclic) bond motifs is 3. The van der Waals surface area contributed by atoms with E-state index in [1.165, 1.54) is 6.42 Å². The molecule has 2 heterocycles. The molecule has 1 saturated carbocycles. The number of rotatable bonds is 3. The van der Waals surface area contributed by atoms with Crippen LogP contribution in [0.5, 0.6) is 5.75 Å². The van der Waals surface area contributed by atoms with Crippen LogP contribution in [0.2, 0.25) is 0 Å². The number of Topliss-reactive ketones (excluding diaryl/α,β-unsaturated/α-hetero) is 1. The van der Waals surface area contributed by atoms with Gasteiger partial charge in [-0.3, -0.25) is 9.59 Å². The highest BCUT2D eigenvalue weighted by Gasteiger charge is 2.38. The van der Waals surface area contributed by atoms with Crippen LogP contribution in [-0.2, 0) is 0 Å². The quantitative estimate of drug-likeness (QED) is 0.750. The average molecular weight is 398 g/mol. The van der Waals surface area contributed by atoms with E-state index in [1.807, 2.05) is 20.8 Å². The summed E-state index contributed by atoms with van der Waals surface area (Å²) in [7, 11) is 0. The van der Waals surface area contributed by atoms with Crippen molar-refractivity contribution in [2.45, 2.75) is 78.4 Å². The summed E-state index contributed by atoms with van der Waals surface area (Å²) in [5.74, 6) is 1.78. The number of benzene rings is 1. The van der Waals surface area contributed by atoms with Crippen molar-refractivity contribution in [1.82, 2.24) is 5.32 Å². The molecular formula is C24H31NO4. The normalized spacial score (nSPS) is 29.4. The molecule has 0 spiro atoms. The summed E-state index contributed by atoms with van der Waals surface area (Å²) in [6.45, 7) is 10.3. The van der Waals surface area contributed by atoms with Gasteiger partial charge in [0.05, 0.1) is 12.0 Å². The molecule has 0 unspecified atom stereocenters. The third kappa shape index (κ3) is 3.34. The molecule has 0 bridgehead atoms. The monoisotopic (exact) mass is 397 g/mol. The van der Waals surface area contributed by atoms with E-state index in [2.05, 4.69) is 19.2 Å². The Bertz CT molecular complexity index is 975. The number of carbonyl (C=O) groups excluding carboxylic acids is 2. The summed E-state index contributed by atoms with van der Waals surface area (Å²) in [6.07, 6.45) is 4.42. The van der Waals surface area contributed by atoms with E-state index in [9.17, 15) is 9.59 Å². The molecule has 1 fully saturated rings. The Morgan fingerprint density at radius 2 is 2.03 bits per heavy atom. The first-order chi connectivity index (χ1) is 13.7. The van der Waals surface area contributed by atoms with Crippen molar-refractivity contribution in [3.63, 3.8) is 0 Å². The minimum Gasteiger partial charge on any atom is -0.486 e. The van der Waals surface area contributed by atoms with Crippen molar-refractivity contribution >= 4 is 22.7 Å². The van der Waals surface area contributed by atoms with Gasteiger partial charge in [0.1, 0.15) is 16.9 Å². The molecule has 1 aliphatic heterocycles. The van der Waals surface area contributed by atoms with E-state index in [4.69, 9.17) is 9.15 Å². The maximum atomic E-state index is 13.0. The van der Waals surface area contributed by atoms with E-state index in [1.54, 1.807) is 12.1 Å². The second kappa shape index (κ2) is 7.19. The number of ketones is 1. The minimum absolute atomic E-state index is 0.0479. The second-order valence-corrected chi connectivity index (χ2v) is 9.22. The first kappa shape index (κ1) is 20.0. The van der Waals surface area contributed by atoms with Gasteiger partial charge in [0.25, 0.3) is 5.91 Å². The molecule has 4 rings (SSSR count). The highest BCUT2D eigenvalue weighted by Crippen LogP contribution is 2.41. The number of hydrogen-bond acceptors (Lipinski definition) is 4. The fourth-order valence-electron chi connectivity index (χ4n) is 4.85. The van der Waals surface area contributed by atoms with Crippen LogP contribution in [0.1, 0.15) is 86.3 Å². The van der Waals surface area contributed by atoms with E-state index in [0.717, 1.165) is 19.3 Å². The molecule has 1 amide bonds. The van der Waals surface area contributed by atoms with Crippen LogP contribution in [0.3, 0.4) is 0 Å². The van der Waals surface area contributed by atoms with Gasteiger partial charge in [0.15, 0.2) is 11.5 Å². The number of ether oxygens (including phenoxy) is 1. The van der Waals surface area contributed by atoms with Crippen molar-refractivity contribution in [2.24, 2.45) is 11.8 Å². The van der Waals surface area contributed by atoms with Crippen molar-refractivity contribution < 1.29 is 18.7 Å². The topological polar surface area (TPSA) is 68.5 Å². The SMILES string of the molecule is CC[C@]1(C)CC(=O)c2c(ccc3oc(C(=O)N[C@@H]4CCC[C@@H](C)[C@@H]4C)c(C)c23)O1. The van der Waals surface area contributed by atoms with Crippen molar-refractivity contribution in [3.05, 3.63) is 29.0 Å². The van der Waals surface area contributed by atoms with Crippen LogP contribution in [0.4, 0.5) is 0 Å². The summed E-state index contributed by atoms with van der Waals surface area (Å²) in [4.78, 5) is 26.0. The van der Waals surface area contributed by atoms with Crippen LogP contribution < -0.4 is 10.1 Å². The lowest BCUT2D eigenvalue weighted by Gasteiger charge is -2.34. The van der Waals surface area contributed by atoms with Gasteiger partial charge in [-0.15, -0.1) is 0 Å². The Kier molecular flexibility index (Phi) is 4.96. The second-order valence-electron chi connectivity index (χ2n) is 9.22. The largest absolute Gasteiger partial charge is 0.486 e. The lowest BCUT2D eigenvalue weighted by atomic mass is 9.78. The first-order valence-electron chi connectivity index (χ1n) is 10.8. The van der Waals surface area contributed by atoms with Gasteiger partial charge in [-0.05, 0) is 50.7 Å². The van der Waals surface area contributed by atoms with Crippen LogP contribution >= 0.6 is 0 Å². The number of aryl methyl sites for hydroxylation is 1. The number of carbonyl (C=O) groups is 2. The Morgan fingerprint density at radius 3 is 2.76 bits per heavy atom. The third-order valence-electron chi connectivity index (χ3n) is 7.20. The molecule has 2 aliphatic rings. The Balaban J connectivity index is 1.69. The van der Waals surface area contributed by atoms with E-state index < -0.39 is 5.60 Å². The summed E-state index contributed by atoms with van der Waals surface area (Å²) in [5, 5.41) is 3.89. The van der Waals surface area contributed by atoms with Crippen molar-refractivity contribution in [3.8, 4) is 5.75 Å². The predicted molar refractivity (Wildman–Crippen MR) is 113 cm³/mol. The van der Waals surface area contributed by atoms with Crippen molar-refractivity contribution in [1.29, 1.82) is 0 Å². The lowest BCUT2D eigenvalue weighted by molar-refractivity contribution is 0.0503. The van der Waals surface area contributed by atoms with E-state index in [-0.39, 0.29) is 17.7 Å². The summed E-state index contributed by atoms with van der Waals surface area (Å²) >= 11 is 0. The molecule has 156 valence electrons. The Labute approximate surface area is 172 Å². The van der Waals surface area contributed by atoms with Gasteiger partial charge in [0, 0.05) is 17.0 Å². The lowest BCUT2D eigenvalue weighted by Crippen LogP contribution is -2.43. The van der Waals surface area contributed by atoms with Crippen LogP contribution in [-0.4, -0.2) is 23.3 Å². The molecule has 5 nitrogen and oxygen atoms in total. The smallest absolute Gasteiger partial charge is 0.287 e. The highest BCUT2D eigenvalue weighted by molar-refractivity contribution is 6.13. The van der Waals surface area contributed by atoms with Gasteiger partial charge in [-0.1, -0.05) is 33.6 Å². The molecule has 5 heteroatoms. The van der Waals surface area contributed by atoms with Crippen LogP contribution in [0, 0.1) is 18.8 Å². The molecule has 1 aliphatic carbocycles. The molecule has 29 heavy (non-hydrogen) atoms. The maximum Gasteiger partial charge on any atom is 0.287 e. The predicted octanol–water partition coefficient (Wildman–Crippen LogP) is 5.43. The van der Waals surface area contributed by atoms with Crippen LogP contribution in [0.15, 0.2) is 16.5 Å². The molecule has 1 aromatic heterocycles. The van der Waals surface area contributed by atoms with Gasteiger partial charge in [0.2, 0.25) is 0 Å². The maximum absolute atomic E-state index is 13.0. The number of furan rings is 1. The molecule has 1 N–H and O–H groups in total. The number of amides is 1. The van der Waals surface area contributed by atoms with Gasteiger partial charge in [-0.2, -0.15) is 0 Å². The highest BCUT2D eigenvalue weighted by atomic mass is 16.5. The zero-order chi connectivity index (χ0) is 20.9. The molecule has 0 saturated heterocycles. The van der Waals surface area contributed by atoms with Gasteiger partial charge >= 0.3 is 0 Å². The van der Waals surface area contributed by atoms with Gasteiger partial charge < -0.3 is 14.5 Å². The molecule has 2 aromatic rings.